The largest absolute Gasteiger partial charge is 0.481 e. The van der Waals surface area contributed by atoms with E-state index in [0.717, 1.165) is 0 Å². The molecule has 0 aliphatic carbocycles. The molecular weight excluding hydrogens is 358 g/mol. The standard InChI is InChI=1S/C17H23N3O7/c18-11(6-7-14(22)23)15(24)19-12(8-10-4-2-1-3-5-10)16(25)20-13(9-21)17(26)27/h1-5,11-13,21H,6-9,18H2,(H,19,24)(H,20,25)(H,22,23)(H,26,27)/t11-,12-,13-/m0/s1. The van der Waals surface area contributed by atoms with Gasteiger partial charge in [0.15, 0.2) is 0 Å². The molecule has 2 amide bonds. The van der Waals surface area contributed by atoms with E-state index in [2.05, 4.69) is 10.6 Å². The average molecular weight is 381 g/mol. The van der Waals surface area contributed by atoms with Crippen molar-refractivity contribution >= 4 is 23.8 Å². The Morgan fingerprint density at radius 2 is 1.56 bits per heavy atom. The molecule has 148 valence electrons. The zero-order valence-electron chi connectivity index (χ0n) is 14.5. The molecule has 0 radical (unpaired) electrons. The Morgan fingerprint density at radius 3 is 2.07 bits per heavy atom. The Bertz CT molecular complexity index is 666. The molecule has 0 heterocycles. The van der Waals surface area contributed by atoms with Crippen molar-refractivity contribution in [1.29, 1.82) is 0 Å². The van der Waals surface area contributed by atoms with Crippen molar-refractivity contribution in [3.63, 3.8) is 0 Å². The number of carbonyl (C=O) groups excluding carboxylic acids is 2. The van der Waals surface area contributed by atoms with Gasteiger partial charge in [-0.3, -0.25) is 14.4 Å². The highest BCUT2D eigenvalue weighted by molar-refractivity contribution is 5.92. The maximum absolute atomic E-state index is 12.4. The van der Waals surface area contributed by atoms with Crippen LogP contribution < -0.4 is 16.4 Å². The second-order valence-corrected chi connectivity index (χ2v) is 5.87. The van der Waals surface area contributed by atoms with E-state index in [-0.39, 0.29) is 19.3 Å². The van der Waals surface area contributed by atoms with Crippen LogP contribution in [0.4, 0.5) is 0 Å². The molecule has 0 unspecified atom stereocenters. The van der Waals surface area contributed by atoms with Crippen molar-refractivity contribution in [2.24, 2.45) is 5.73 Å². The monoisotopic (exact) mass is 381 g/mol. The molecular formula is C17H23N3O7. The third-order valence-electron chi connectivity index (χ3n) is 3.72. The van der Waals surface area contributed by atoms with Crippen LogP contribution in [0.15, 0.2) is 30.3 Å². The summed E-state index contributed by atoms with van der Waals surface area (Å²) >= 11 is 0. The first-order chi connectivity index (χ1) is 12.7. The molecule has 1 rings (SSSR count). The van der Waals surface area contributed by atoms with E-state index in [0.29, 0.717) is 5.56 Å². The number of carboxylic acids is 2. The number of amides is 2. The zero-order valence-corrected chi connectivity index (χ0v) is 14.5. The number of hydrogen-bond acceptors (Lipinski definition) is 6. The Hall–Kier alpha value is -2.98. The van der Waals surface area contributed by atoms with Gasteiger partial charge in [-0.1, -0.05) is 30.3 Å². The van der Waals surface area contributed by atoms with Gasteiger partial charge in [-0.25, -0.2) is 4.79 Å². The van der Waals surface area contributed by atoms with Crippen LogP contribution >= 0.6 is 0 Å². The van der Waals surface area contributed by atoms with Gasteiger partial charge >= 0.3 is 11.9 Å². The summed E-state index contributed by atoms with van der Waals surface area (Å²) in [5.41, 5.74) is 6.34. The normalized spacial score (nSPS) is 13.9. The first kappa shape index (κ1) is 22.1. The highest BCUT2D eigenvalue weighted by Gasteiger charge is 2.28. The fourth-order valence-electron chi connectivity index (χ4n) is 2.21. The lowest BCUT2D eigenvalue weighted by Gasteiger charge is -2.22. The Labute approximate surface area is 155 Å². The SMILES string of the molecule is N[C@@H](CCC(=O)O)C(=O)N[C@@H](Cc1ccccc1)C(=O)N[C@@H](CO)C(=O)O. The molecule has 0 bridgehead atoms. The summed E-state index contributed by atoms with van der Waals surface area (Å²) in [5.74, 6) is -4.07. The van der Waals surface area contributed by atoms with Crippen LogP contribution in [0, 0.1) is 0 Å². The number of carboxylic acid groups (broad SMARTS) is 2. The molecule has 0 aliphatic heterocycles. The number of nitrogens with two attached hydrogens (primary N) is 1. The minimum absolute atomic E-state index is 0.0574. The van der Waals surface area contributed by atoms with Gasteiger partial charge in [0.25, 0.3) is 0 Å². The lowest BCUT2D eigenvalue weighted by molar-refractivity contribution is -0.143. The zero-order chi connectivity index (χ0) is 20.4. The lowest BCUT2D eigenvalue weighted by Crippen LogP contribution is -2.55. The fraction of sp³-hybridized carbons (Fsp3) is 0.412. The van der Waals surface area contributed by atoms with Crippen molar-refractivity contribution in [1.82, 2.24) is 10.6 Å². The molecule has 27 heavy (non-hydrogen) atoms. The lowest BCUT2D eigenvalue weighted by atomic mass is 10.0. The van der Waals surface area contributed by atoms with Crippen LogP contribution in [0.5, 0.6) is 0 Å². The summed E-state index contributed by atoms with van der Waals surface area (Å²) in [6.45, 7) is -0.814. The van der Waals surface area contributed by atoms with E-state index in [1.807, 2.05) is 0 Å². The van der Waals surface area contributed by atoms with E-state index in [9.17, 15) is 19.2 Å². The van der Waals surface area contributed by atoms with Gasteiger partial charge in [0.2, 0.25) is 11.8 Å². The third-order valence-corrected chi connectivity index (χ3v) is 3.72. The van der Waals surface area contributed by atoms with E-state index in [4.69, 9.17) is 21.1 Å². The molecule has 0 spiro atoms. The Morgan fingerprint density at radius 1 is 0.963 bits per heavy atom. The van der Waals surface area contributed by atoms with E-state index >= 15 is 0 Å². The van der Waals surface area contributed by atoms with Crippen molar-refractivity contribution < 1.29 is 34.5 Å². The summed E-state index contributed by atoms with van der Waals surface area (Å²) in [7, 11) is 0. The van der Waals surface area contributed by atoms with Crippen LogP contribution in [0.1, 0.15) is 18.4 Å². The van der Waals surface area contributed by atoms with Crippen LogP contribution in [0.25, 0.3) is 0 Å². The number of aliphatic carboxylic acids is 2. The first-order valence-corrected chi connectivity index (χ1v) is 8.20. The molecule has 7 N–H and O–H groups in total. The van der Waals surface area contributed by atoms with E-state index < -0.39 is 48.5 Å². The minimum atomic E-state index is -1.52. The predicted octanol–water partition coefficient (Wildman–Crippen LogP) is -1.53. The quantitative estimate of drug-likeness (QED) is 0.267. The van der Waals surface area contributed by atoms with E-state index in [1.54, 1.807) is 30.3 Å². The van der Waals surface area contributed by atoms with Gasteiger partial charge in [-0.2, -0.15) is 0 Å². The third kappa shape index (κ3) is 7.84. The Kier molecular flexibility index (Phi) is 8.90. The summed E-state index contributed by atoms with van der Waals surface area (Å²) in [5, 5.41) is 31.2. The number of aliphatic hydroxyl groups excluding tert-OH is 1. The summed E-state index contributed by atoms with van der Waals surface area (Å²) in [4.78, 5) is 46.2. The number of benzene rings is 1. The van der Waals surface area contributed by atoms with Crippen LogP contribution in [0.2, 0.25) is 0 Å². The number of carbonyl (C=O) groups is 4. The maximum Gasteiger partial charge on any atom is 0.328 e. The van der Waals surface area contributed by atoms with Gasteiger partial charge in [0, 0.05) is 12.8 Å². The molecule has 1 aromatic carbocycles. The first-order valence-electron chi connectivity index (χ1n) is 8.20. The Balaban J connectivity index is 2.86. The average Bonchev–Trinajstić information content (AvgIpc) is 2.63. The number of aliphatic hydroxyl groups is 1. The molecule has 10 nitrogen and oxygen atoms in total. The van der Waals surface area contributed by atoms with Gasteiger partial charge in [0.1, 0.15) is 12.1 Å². The van der Waals surface area contributed by atoms with Crippen molar-refractivity contribution in [2.45, 2.75) is 37.4 Å². The van der Waals surface area contributed by atoms with Gasteiger partial charge in [-0.05, 0) is 12.0 Å². The van der Waals surface area contributed by atoms with Gasteiger partial charge in [-0.15, -0.1) is 0 Å². The second-order valence-electron chi connectivity index (χ2n) is 5.87. The smallest absolute Gasteiger partial charge is 0.328 e. The van der Waals surface area contributed by atoms with Crippen molar-refractivity contribution in [2.75, 3.05) is 6.61 Å². The van der Waals surface area contributed by atoms with Crippen molar-refractivity contribution in [3.8, 4) is 0 Å². The molecule has 3 atom stereocenters. The number of rotatable bonds is 11. The molecule has 1 aromatic rings. The molecule has 0 fully saturated rings. The second kappa shape index (κ2) is 10.9. The number of nitrogens with one attached hydrogen (secondary N) is 2. The van der Waals surface area contributed by atoms with Crippen LogP contribution in [0.3, 0.4) is 0 Å². The molecule has 0 aromatic heterocycles. The highest BCUT2D eigenvalue weighted by Crippen LogP contribution is 2.05. The molecule has 0 saturated carbocycles. The minimum Gasteiger partial charge on any atom is -0.481 e. The number of hydrogen-bond donors (Lipinski definition) is 6. The fourth-order valence-corrected chi connectivity index (χ4v) is 2.21. The van der Waals surface area contributed by atoms with Gasteiger partial charge < -0.3 is 31.7 Å². The van der Waals surface area contributed by atoms with Gasteiger partial charge in [0.05, 0.1) is 12.6 Å². The maximum atomic E-state index is 12.4. The molecule has 10 heteroatoms. The summed E-state index contributed by atoms with van der Waals surface area (Å²) < 4.78 is 0. The van der Waals surface area contributed by atoms with Crippen molar-refractivity contribution in [3.05, 3.63) is 35.9 Å². The molecule has 0 saturated heterocycles. The topological polar surface area (TPSA) is 179 Å². The highest BCUT2D eigenvalue weighted by atomic mass is 16.4. The predicted molar refractivity (Wildman–Crippen MR) is 93.6 cm³/mol. The van der Waals surface area contributed by atoms with Crippen LogP contribution in [-0.2, 0) is 25.6 Å². The van der Waals surface area contributed by atoms with E-state index in [1.165, 1.54) is 0 Å². The summed E-state index contributed by atoms with van der Waals surface area (Å²) in [6.07, 6.45) is -0.368. The van der Waals surface area contributed by atoms with Crippen LogP contribution in [-0.4, -0.2) is 63.8 Å². The summed E-state index contributed by atoms with van der Waals surface area (Å²) in [6, 6.07) is 4.87. The molecule has 0 aliphatic rings.